The number of nitrogens with one attached hydrogen (secondary N) is 4. The van der Waals surface area contributed by atoms with Crippen LogP contribution < -0.4 is 16.0 Å². The number of aliphatic imine (C=N–C) groups is 1. The Balaban J connectivity index is 2.45. The van der Waals surface area contributed by atoms with E-state index in [2.05, 4.69) is 27.0 Å². The van der Waals surface area contributed by atoms with Gasteiger partial charge in [-0.05, 0) is 58.6 Å². The molecule has 1 aromatic rings. The summed E-state index contributed by atoms with van der Waals surface area (Å²) < 4.78 is 41.7. The van der Waals surface area contributed by atoms with Crippen LogP contribution in [-0.2, 0) is 0 Å². The Morgan fingerprint density at radius 1 is 1.26 bits per heavy atom. The third kappa shape index (κ3) is 7.65. The second kappa shape index (κ2) is 11.7. The predicted molar refractivity (Wildman–Crippen MR) is 132 cm³/mol. The Morgan fingerprint density at radius 3 is 2.47 bits per heavy atom. The Morgan fingerprint density at radius 2 is 1.94 bits per heavy atom. The van der Waals surface area contributed by atoms with Crippen molar-refractivity contribution >= 4 is 23.4 Å². The molecule has 0 spiro atoms. The number of amidine groups is 1. The molecule has 0 atom stereocenters. The Kier molecular flexibility index (Phi) is 9.30. The second-order valence-corrected chi connectivity index (χ2v) is 8.82. The number of allylic oxidation sites excluding steroid dienone is 3. The van der Waals surface area contributed by atoms with E-state index in [1.165, 1.54) is 6.08 Å². The zero-order valence-corrected chi connectivity index (χ0v) is 20.1. The fraction of sp³-hybridized carbons (Fsp3) is 0.480. The highest BCUT2D eigenvalue weighted by Gasteiger charge is 2.36. The molecular weight excluding hydrogens is 441 g/mol. The van der Waals surface area contributed by atoms with Crippen LogP contribution in [0.5, 0.6) is 0 Å². The van der Waals surface area contributed by atoms with Crippen molar-refractivity contribution in [3.63, 3.8) is 0 Å². The monoisotopic (exact) mass is 474 g/mol. The molecule has 0 aromatic heterocycles. The number of alkyl halides is 3. The van der Waals surface area contributed by atoms with Crippen molar-refractivity contribution in [2.24, 2.45) is 4.99 Å². The summed E-state index contributed by atoms with van der Waals surface area (Å²) in [6.45, 7) is 6.91. The van der Waals surface area contributed by atoms with Crippen molar-refractivity contribution in [3.05, 3.63) is 47.3 Å². The van der Waals surface area contributed by atoms with Crippen molar-refractivity contribution in [1.29, 1.82) is 10.7 Å². The molecule has 1 aromatic carbocycles. The number of rotatable bonds is 10. The molecule has 2 rings (SSSR count). The molecule has 184 valence electrons. The van der Waals surface area contributed by atoms with Crippen LogP contribution in [-0.4, -0.2) is 29.8 Å². The molecule has 4 N–H and O–H groups in total. The van der Waals surface area contributed by atoms with Gasteiger partial charge in [0.05, 0.1) is 17.3 Å². The fourth-order valence-corrected chi connectivity index (χ4v) is 3.29. The van der Waals surface area contributed by atoms with E-state index in [4.69, 9.17) is 5.41 Å². The van der Waals surface area contributed by atoms with Gasteiger partial charge in [-0.15, -0.1) is 0 Å². The number of unbranched alkanes of at least 4 members (excludes halogenated alkanes) is 1. The van der Waals surface area contributed by atoms with E-state index in [1.54, 1.807) is 39.0 Å². The summed E-state index contributed by atoms with van der Waals surface area (Å²) in [5.41, 5.74) is -0.160. The van der Waals surface area contributed by atoms with Crippen LogP contribution in [0.4, 0.5) is 24.5 Å². The first-order chi connectivity index (χ1) is 16.0. The number of benzene rings is 1. The summed E-state index contributed by atoms with van der Waals surface area (Å²) in [5.74, 6) is 0.0260. The van der Waals surface area contributed by atoms with Crippen molar-refractivity contribution in [2.45, 2.75) is 77.6 Å². The summed E-state index contributed by atoms with van der Waals surface area (Å²) in [4.78, 5) is 4.29. The van der Waals surface area contributed by atoms with Crippen LogP contribution in [0.25, 0.3) is 0 Å². The summed E-state index contributed by atoms with van der Waals surface area (Å²) in [6.07, 6.45) is 3.04. The van der Waals surface area contributed by atoms with Gasteiger partial charge in [-0.3, -0.25) is 0 Å². The highest BCUT2D eigenvalue weighted by Crippen LogP contribution is 2.31. The third-order valence-electron chi connectivity index (χ3n) is 5.32. The van der Waals surface area contributed by atoms with E-state index in [0.29, 0.717) is 23.4 Å². The minimum absolute atomic E-state index is 0.0404. The maximum absolute atomic E-state index is 13.9. The SMILES string of the molecule is CCC/C=C/C(=C(\N=C(/C)Nc1cccc(NC(C)(C)C#N)c1C=N)NC1CCC1)C(F)(F)F. The molecule has 1 aliphatic rings. The fourth-order valence-electron chi connectivity index (χ4n) is 3.29. The van der Waals surface area contributed by atoms with E-state index < -0.39 is 17.3 Å². The van der Waals surface area contributed by atoms with Gasteiger partial charge in [0.2, 0.25) is 0 Å². The molecule has 0 unspecified atom stereocenters. The maximum Gasteiger partial charge on any atom is 0.419 e. The topological polar surface area (TPSA) is 96.1 Å². The third-order valence-corrected chi connectivity index (χ3v) is 5.32. The molecule has 0 amide bonds. The molecule has 0 bridgehead atoms. The zero-order chi connectivity index (χ0) is 25.4. The number of hydrogen-bond acceptors (Lipinski definition) is 5. The summed E-state index contributed by atoms with van der Waals surface area (Å²) in [7, 11) is 0. The minimum atomic E-state index is -4.56. The summed E-state index contributed by atoms with van der Waals surface area (Å²) in [6, 6.07) is 7.28. The van der Waals surface area contributed by atoms with Crippen molar-refractivity contribution in [2.75, 3.05) is 10.6 Å². The van der Waals surface area contributed by atoms with E-state index in [-0.39, 0.29) is 17.7 Å². The van der Waals surface area contributed by atoms with Gasteiger partial charge < -0.3 is 21.4 Å². The van der Waals surface area contributed by atoms with Crippen LogP contribution in [0, 0.1) is 16.7 Å². The van der Waals surface area contributed by atoms with Crippen molar-refractivity contribution in [3.8, 4) is 6.07 Å². The largest absolute Gasteiger partial charge is 0.419 e. The van der Waals surface area contributed by atoms with Gasteiger partial charge in [0.25, 0.3) is 0 Å². The molecule has 6 nitrogen and oxygen atoms in total. The highest BCUT2D eigenvalue weighted by atomic mass is 19.4. The van der Waals surface area contributed by atoms with E-state index in [0.717, 1.165) is 38.0 Å². The molecule has 9 heteroatoms. The number of hydrogen-bond donors (Lipinski definition) is 4. The smallest absolute Gasteiger partial charge is 0.367 e. The van der Waals surface area contributed by atoms with Crippen LogP contribution in [0.1, 0.15) is 65.4 Å². The lowest BCUT2D eigenvalue weighted by Gasteiger charge is -2.29. The molecule has 1 fully saturated rings. The molecule has 0 heterocycles. The van der Waals surface area contributed by atoms with Gasteiger partial charge in [0.15, 0.2) is 0 Å². The van der Waals surface area contributed by atoms with Gasteiger partial charge in [-0.25, -0.2) is 4.99 Å². The lowest BCUT2D eigenvalue weighted by Crippen LogP contribution is -2.36. The maximum atomic E-state index is 13.9. The lowest BCUT2D eigenvalue weighted by atomic mass is 9.93. The molecule has 0 radical (unpaired) electrons. The standard InChI is InChI=1S/C25H33F3N6/c1-5-6-7-12-20(25(26,27)28)23(33-18-10-8-11-18)32-17(2)31-21-13-9-14-22(19(21)15-29)34-24(3,4)16-30/h7,9,12-15,18,29,33-34H,5-6,8,10-11H2,1-4H3,(H,31,32)/b12-7+,23-20-,29-15?. The van der Waals surface area contributed by atoms with Gasteiger partial charge >= 0.3 is 6.18 Å². The average molecular weight is 475 g/mol. The predicted octanol–water partition coefficient (Wildman–Crippen LogP) is 6.50. The van der Waals surface area contributed by atoms with Crippen LogP contribution in [0.3, 0.4) is 0 Å². The molecule has 34 heavy (non-hydrogen) atoms. The Bertz CT molecular complexity index is 995. The van der Waals surface area contributed by atoms with E-state index in [1.807, 2.05) is 6.92 Å². The normalized spacial score (nSPS) is 15.9. The summed E-state index contributed by atoms with van der Waals surface area (Å²) in [5, 5.41) is 26.2. The number of nitriles is 1. The Hall–Kier alpha value is -3.28. The number of nitrogens with zero attached hydrogens (tertiary/aromatic N) is 2. The molecule has 1 saturated carbocycles. The minimum Gasteiger partial charge on any atom is -0.367 e. The van der Waals surface area contributed by atoms with Crippen LogP contribution in [0.2, 0.25) is 0 Å². The Labute approximate surface area is 199 Å². The van der Waals surface area contributed by atoms with Crippen LogP contribution in [0.15, 0.2) is 46.7 Å². The quantitative estimate of drug-likeness (QED) is 0.177. The average Bonchev–Trinajstić information content (AvgIpc) is 2.72. The molecule has 0 saturated heterocycles. The summed E-state index contributed by atoms with van der Waals surface area (Å²) >= 11 is 0. The van der Waals surface area contributed by atoms with Gasteiger partial charge in [0, 0.05) is 23.5 Å². The second-order valence-electron chi connectivity index (χ2n) is 8.82. The zero-order valence-electron chi connectivity index (χ0n) is 20.1. The molecular formula is C25H33F3N6. The van der Waals surface area contributed by atoms with Gasteiger partial charge in [-0.1, -0.05) is 31.6 Å². The van der Waals surface area contributed by atoms with Crippen molar-refractivity contribution < 1.29 is 13.2 Å². The molecule has 0 aliphatic heterocycles. The van der Waals surface area contributed by atoms with E-state index >= 15 is 0 Å². The first-order valence-corrected chi connectivity index (χ1v) is 11.4. The number of anilines is 2. The number of halogens is 3. The first-order valence-electron chi connectivity index (χ1n) is 11.4. The van der Waals surface area contributed by atoms with E-state index in [9.17, 15) is 18.4 Å². The van der Waals surface area contributed by atoms with Gasteiger partial charge in [-0.2, -0.15) is 18.4 Å². The lowest BCUT2D eigenvalue weighted by molar-refractivity contribution is -0.0894. The molecule has 1 aliphatic carbocycles. The highest BCUT2D eigenvalue weighted by molar-refractivity contribution is 6.02. The van der Waals surface area contributed by atoms with Gasteiger partial charge in [0.1, 0.15) is 17.2 Å². The van der Waals surface area contributed by atoms with Crippen LogP contribution >= 0.6 is 0 Å². The van der Waals surface area contributed by atoms with Crippen molar-refractivity contribution in [1.82, 2.24) is 5.32 Å². The first kappa shape index (κ1) is 27.0.